The first-order valence-corrected chi connectivity index (χ1v) is 15.7. The van der Waals surface area contributed by atoms with E-state index in [0.717, 1.165) is 60.5 Å². The highest BCUT2D eigenvalue weighted by atomic mass is 16.3. The number of aromatic nitrogens is 3. The van der Waals surface area contributed by atoms with Crippen LogP contribution in [0.1, 0.15) is 0 Å². The summed E-state index contributed by atoms with van der Waals surface area (Å²) >= 11 is 0. The van der Waals surface area contributed by atoms with E-state index in [2.05, 4.69) is 115 Å². The zero-order valence-electron chi connectivity index (χ0n) is 25.3. The second kappa shape index (κ2) is 11.2. The molecule has 7 aromatic carbocycles. The number of nitrogens with zero attached hydrogens (tertiary/aromatic N) is 3. The monoisotopic (exact) mass is 601 g/mol. The fourth-order valence-electron chi connectivity index (χ4n) is 6.57. The summed E-state index contributed by atoms with van der Waals surface area (Å²) in [5.74, 6) is 1.78. The van der Waals surface area contributed by atoms with Gasteiger partial charge in [0.1, 0.15) is 11.2 Å². The molecule has 2 aromatic heterocycles. The second-order valence-corrected chi connectivity index (χ2v) is 11.6. The van der Waals surface area contributed by atoms with E-state index in [9.17, 15) is 0 Å². The normalized spacial score (nSPS) is 11.4. The number of furan rings is 1. The van der Waals surface area contributed by atoms with Gasteiger partial charge < -0.3 is 4.42 Å². The van der Waals surface area contributed by atoms with Gasteiger partial charge in [0.25, 0.3) is 0 Å². The molecule has 4 heteroatoms. The maximum absolute atomic E-state index is 6.46. The first kappa shape index (κ1) is 27.0. The standard InChI is InChI=1S/C43H27N3O/c1-3-14-28(15-4-1)30-18-7-10-22-36(30)41-44-42(37-27-26-31(29-16-5-2-6-17-29)32-19-8-9-20-33(32)37)46-43(45-41)38-24-13-23-35-34-21-11-12-25-39(34)47-40(35)38/h1-27H. The average molecular weight is 602 g/mol. The predicted molar refractivity (Wildman–Crippen MR) is 192 cm³/mol. The van der Waals surface area contributed by atoms with Crippen LogP contribution in [0.2, 0.25) is 0 Å². The third-order valence-corrected chi connectivity index (χ3v) is 8.78. The minimum Gasteiger partial charge on any atom is -0.455 e. The maximum Gasteiger partial charge on any atom is 0.167 e. The van der Waals surface area contributed by atoms with Gasteiger partial charge >= 0.3 is 0 Å². The van der Waals surface area contributed by atoms with Gasteiger partial charge in [-0.25, -0.2) is 15.0 Å². The molecule has 0 aliphatic rings. The minimum absolute atomic E-state index is 0.564. The van der Waals surface area contributed by atoms with E-state index in [-0.39, 0.29) is 0 Å². The van der Waals surface area contributed by atoms with Gasteiger partial charge in [0, 0.05) is 21.9 Å². The Labute approximate surface area is 271 Å². The fourth-order valence-corrected chi connectivity index (χ4v) is 6.57. The summed E-state index contributed by atoms with van der Waals surface area (Å²) in [7, 11) is 0. The number of para-hydroxylation sites is 2. The van der Waals surface area contributed by atoms with Gasteiger partial charge in [-0.2, -0.15) is 0 Å². The van der Waals surface area contributed by atoms with Crippen LogP contribution in [0.4, 0.5) is 0 Å². The smallest absolute Gasteiger partial charge is 0.167 e. The van der Waals surface area contributed by atoms with Crippen LogP contribution in [0.25, 0.3) is 89.1 Å². The Morgan fingerprint density at radius 1 is 0.298 bits per heavy atom. The van der Waals surface area contributed by atoms with Crippen LogP contribution in [-0.4, -0.2) is 15.0 Å². The van der Waals surface area contributed by atoms with Crippen LogP contribution in [-0.2, 0) is 0 Å². The molecule has 220 valence electrons. The first-order chi connectivity index (χ1) is 23.3. The SMILES string of the molecule is c1ccc(-c2ccccc2-c2nc(-c3ccc(-c4ccccc4)c4ccccc34)nc(-c3cccc4c3oc3ccccc34)n2)cc1. The Hall–Kier alpha value is -6.39. The first-order valence-electron chi connectivity index (χ1n) is 15.7. The highest BCUT2D eigenvalue weighted by Crippen LogP contribution is 2.39. The van der Waals surface area contributed by atoms with Crippen molar-refractivity contribution in [1.82, 2.24) is 15.0 Å². The lowest BCUT2D eigenvalue weighted by Crippen LogP contribution is -2.02. The molecule has 0 saturated carbocycles. The van der Waals surface area contributed by atoms with Crippen LogP contribution in [0.15, 0.2) is 168 Å². The third kappa shape index (κ3) is 4.66. The maximum atomic E-state index is 6.46. The largest absolute Gasteiger partial charge is 0.455 e. The fraction of sp³-hybridized carbons (Fsp3) is 0. The molecule has 0 bridgehead atoms. The Balaban J connectivity index is 1.32. The lowest BCUT2D eigenvalue weighted by Gasteiger charge is -2.14. The van der Waals surface area contributed by atoms with Crippen molar-refractivity contribution in [2.75, 3.05) is 0 Å². The summed E-state index contributed by atoms with van der Waals surface area (Å²) < 4.78 is 6.46. The van der Waals surface area contributed by atoms with E-state index in [1.54, 1.807) is 0 Å². The quantitative estimate of drug-likeness (QED) is 0.197. The molecule has 0 unspecified atom stereocenters. The van der Waals surface area contributed by atoms with E-state index in [1.165, 1.54) is 11.1 Å². The minimum atomic E-state index is 0.564. The molecule has 47 heavy (non-hydrogen) atoms. The molecule has 0 amide bonds. The van der Waals surface area contributed by atoms with Crippen LogP contribution < -0.4 is 0 Å². The topological polar surface area (TPSA) is 51.8 Å². The van der Waals surface area contributed by atoms with Crippen molar-refractivity contribution in [2.45, 2.75) is 0 Å². The second-order valence-electron chi connectivity index (χ2n) is 11.6. The summed E-state index contributed by atoms with van der Waals surface area (Å²) in [6.07, 6.45) is 0. The molecule has 2 heterocycles. The van der Waals surface area contributed by atoms with Gasteiger partial charge in [-0.1, -0.05) is 146 Å². The summed E-state index contributed by atoms with van der Waals surface area (Å²) in [6, 6.07) is 56.3. The number of benzene rings is 7. The van der Waals surface area contributed by atoms with Crippen molar-refractivity contribution in [1.29, 1.82) is 0 Å². The molecule has 0 aliphatic carbocycles. The number of hydrogen-bond acceptors (Lipinski definition) is 4. The van der Waals surface area contributed by atoms with Gasteiger partial charge in [0.2, 0.25) is 0 Å². The molecule has 9 rings (SSSR count). The van der Waals surface area contributed by atoms with Crippen molar-refractivity contribution < 1.29 is 4.42 Å². The summed E-state index contributed by atoms with van der Waals surface area (Å²) in [6.45, 7) is 0. The molecule has 0 radical (unpaired) electrons. The van der Waals surface area contributed by atoms with Gasteiger partial charge in [-0.15, -0.1) is 0 Å². The lowest BCUT2D eigenvalue weighted by atomic mass is 9.94. The van der Waals surface area contributed by atoms with Crippen LogP contribution in [0.3, 0.4) is 0 Å². The molecule has 0 N–H and O–H groups in total. The van der Waals surface area contributed by atoms with Crippen LogP contribution >= 0.6 is 0 Å². The number of rotatable bonds is 5. The van der Waals surface area contributed by atoms with Crippen molar-refractivity contribution >= 4 is 32.7 Å². The average Bonchev–Trinajstić information content (AvgIpc) is 3.54. The molecule has 0 atom stereocenters. The Kier molecular flexibility index (Phi) is 6.43. The lowest BCUT2D eigenvalue weighted by molar-refractivity contribution is 0.669. The predicted octanol–water partition coefficient (Wildman–Crippen LogP) is 11.3. The van der Waals surface area contributed by atoms with Crippen molar-refractivity contribution in [3.8, 4) is 56.4 Å². The Morgan fingerprint density at radius 3 is 1.49 bits per heavy atom. The highest BCUT2D eigenvalue weighted by Gasteiger charge is 2.20. The molecular formula is C43H27N3O. The molecule has 0 aliphatic heterocycles. The highest BCUT2D eigenvalue weighted by molar-refractivity contribution is 6.09. The molecule has 0 spiro atoms. The zero-order valence-corrected chi connectivity index (χ0v) is 25.3. The van der Waals surface area contributed by atoms with Crippen LogP contribution in [0, 0.1) is 0 Å². The van der Waals surface area contributed by atoms with E-state index < -0.39 is 0 Å². The van der Waals surface area contributed by atoms with Crippen molar-refractivity contribution in [3.63, 3.8) is 0 Å². The molecule has 0 saturated heterocycles. The number of hydrogen-bond donors (Lipinski definition) is 0. The summed E-state index contributed by atoms with van der Waals surface area (Å²) in [5, 5.41) is 4.32. The van der Waals surface area contributed by atoms with Crippen LogP contribution in [0.5, 0.6) is 0 Å². The van der Waals surface area contributed by atoms with Gasteiger partial charge in [-0.05, 0) is 51.2 Å². The Morgan fingerprint density at radius 2 is 0.766 bits per heavy atom. The van der Waals surface area contributed by atoms with Gasteiger partial charge in [-0.3, -0.25) is 0 Å². The molecule has 4 nitrogen and oxygen atoms in total. The van der Waals surface area contributed by atoms with Gasteiger partial charge in [0.05, 0.1) is 5.56 Å². The zero-order chi connectivity index (χ0) is 31.2. The van der Waals surface area contributed by atoms with E-state index in [1.807, 2.05) is 48.5 Å². The Bertz CT molecular complexity index is 2570. The van der Waals surface area contributed by atoms with E-state index in [0.29, 0.717) is 17.5 Å². The van der Waals surface area contributed by atoms with Crippen molar-refractivity contribution in [2.24, 2.45) is 0 Å². The van der Waals surface area contributed by atoms with E-state index >= 15 is 0 Å². The summed E-state index contributed by atoms with van der Waals surface area (Å²) in [5.41, 5.74) is 8.79. The van der Waals surface area contributed by atoms with Gasteiger partial charge in [0.15, 0.2) is 17.5 Å². The summed E-state index contributed by atoms with van der Waals surface area (Å²) in [4.78, 5) is 15.6. The third-order valence-electron chi connectivity index (χ3n) is 8.78. The molecular weight excluding hydrogens is 574 g/mol. The van der Waals surface area contributed by atoms with E-state index in [4.69, 9.17) is 19.4 Å². The number of fused-ring (bicyclic) bond motifs is 4. The van der Waals surface area contributed by atoms with Crippen molar-refractivity contribution in [3.05, 3.63) is 164 Å². The molecule has 9 aromatic rings. The molecule has 0 fully saturated rings.